The lowest BCUT2D eigenvalue weighted by atomic mass is 10.1. The number of ether oxygens (including phenoxy) is 2. The molecular weight excluding hydrogens is 384 g/mol. The minimum Gasteiger partial charge on any atom is -0.444 e. The third-order valence-electron chi connectivity index (χ3n) is 5.51. The molecule has 4 rings (SSSR count). The van der Waals surface area contributed by atoms with Crippen LogP contribution >= 0.6 is 0 Å². The Morgan fingerprint density at radius 1 is 1.30 bits per heavy atom. The molecule has 162 valence electrons. The smallest absolute Gasteiger partial charge is 0.410 e. The Morgan fingerprint density at radius 2 is 2.03 bits per heavy atom. The number of amides is 2. The molecule has 0 bridgehead atoms. The second-order valence-electron chi connectivity index (χ2n) is 9.09. The zero-order chi connectivity index (χ0) is 21.5. The van der Waals surface area contributed by atoms with Gasteiger partial charge in [0.2, 0.25) is 0 Å². The topological polar surface area (TPSA) is 87.8 Å². The predicted molar refractivity (Wildman–Crippen MR) is 112 cm³/mol. The summed E-state index contributed by atoms with van der Waals surface area (Å²) in [6, 6.07) is 7.91. The molecule has 2 atom stereocenters. The predicted octanol–water partition coefficient (Wildman–Crippen LogP) is 3.25. The summed E-state index contributed by atoms with van der Waals surface area (Å²) < 4.78 is 11.3. The van der Waals surface area contributed by atoms with Crippen molar-refractivity contribution in [3.05, 3.63) is 30.0 Å². The molecule has 2 aliphatic rings. The van der Waals surface area contributed by atoms with Crippen LogP contribution in [0, 0.1) is 0 Å². The molecule has 1 aliphatic carbocycles. The Kier molecular flexibility index (Phi) is 5.44. The van der Waals surface area contributed by atoms with Crippen molar-refractivity contribution in [2.24, 2.45) is 0 Å². The number of aromatic amines is 1. The van der Waals surface area contributed by atoms with E-state index < -0.39 is 17.8 Å². The van der Waals surface area contributed by atoms with Gasteiger partial charge in [0.1, 0.15) is 5.60 Å². The molecular formula is C22H30N4O4. The zero-order valence-corrected chi connectivity index (χ0v) is 18.1. The van der Waals surface area contributed by atoms with E-state index in [9.17, 15) is 9.59 Å². The Bertz CT molecular complexity index is 931. The minimum atomic E-state index is -0.691. The molecule has 8 heteroatoms. The lowest BCUT2D eigenvalue weighted by molar-refractivity contribution is -0.151. The summed E-state index contributed by atoms with van der Waals surface area (Å²) in [5.74, 6) is -0.0862. The number of fused-ring (bicyclic) bond motifs is 1. The van der Waals surface area contributed by atoms with Gasteiger partial charge in [-0.3, -0.25) is 9.89 Å². The van der Waals surface area contributed by atoms with E-state index in [-0.39, 0.29) is 24.5 Å². The molecule has 1 aliphatic heterocycles. The van der Waals surface area contributed by atoms with Crippen LogP contribution in [-0.4, -0.2) is 69.4 Å². The van der Waals surface area contributed by atoms with Gasteiger partial charge in [-0.2, -0.15) is 5.10 Å². The van der Waals surface area contributed by atoms with E-state index in [1.165, 1.54) is 0 Å². The maximum atomic E-state index is 13.5. The molecule has 0 radical (unpaired) electrons. The number of H-pyrrole nitrogens is 1. The summed E-state index contributed by atoms with van der Waals surface area (Å²) in [5, 5.41) is 8.51. The summed E-state index contributed by atoms with van der Waals surface area (Å²) in [6.07, 6.45) is 0.854. The lowest BCUT2D eigenvalue weighted by Crippen LogP contribution is -2.54. The standard InChI is InChI=1S/C22H30N4O4/c1-14(19-16-7-5-6-8-17(16)23-24-19)26(15-9-10-15)20(27)18-13-25(11-12-29-18)21(28)30-22(2,3)4/h5-8,14-15,18H,9-13H2,1-4H3,(H,23,24)/t14-,18?/m1/s1. The maximum Gasteiger partial charge on any atom is 0.410 e. The fraction of sp³-hybridized carbons (Fsp3) is 0.591. The van der Waals surface area contributed by atoms with Crippen LogP contribution in [0.2, 0.25) is 0 Å². The summed E-state index contributed by atoms with van der Waals surface area (Å²) in [4.78, 5) is 29.4. The highest BCUT2D eigenvalue weighted by atomic mass is 16.6. The van der Waals surface area contributed by atoms with Crippen LogP contribution in [0.5, 0.6) is 0 Å². The Morgan fingerprint density at radius 3 is 2.73 bits per heavy atom. The number of aromatic nitrogens is 2. The molecule has 2 fully saturated rings. The van der Waals surface area contributed by atoms with Gasteiger partial charge in [0, 0.05) is 18.0 Å². The van der Waals surface area contributed by atoms with Crippen molar-refractivity contribution in [3.8, 4) is 0 Å². The molecule has 1 saturated heterocycles. The number of carbonyl (C=O) groups is 2. The van der Waals surface area contributed by atoms with Crippen molar-refractivity contribution in [1.82, 2.24) is 20.0 Å². The minimum absolute atomic E-state index is 0.0862. The molecule has 30 heavy (non-hydrogen) atoms. The Labute approximate surface area is 176 Å². The molecule has 2 aromatic rings. The van der Waals surface area contributed by atoms with Crippen molar-refractivity contribution < 1.29 is 19.1 Å². The SMILES string of the molecule is C[C@H](c1[nH]nc2ccccc12)N(C(=O)C1CN(C(=O)OC(C)(C)C)CCO1)C1CC1. The number of hydrogen-bond donors (Lipinski definition) is 1. The Hall–Kier alpha value is -2.61. The van der Waals surface area contributed by atoms with E-state index in [2.05, 4.69) is 10.2 Å². The first-order valence-electron chi connectivity index (χ1n) is 10.6. The summed E-state index contributed by atoms with van der Waals surface area (Å²) in [5.41, 5.74) is 1.23. The monoisotopic (exact) mass is 414 g/mol. The number of para-hydroxylation sites is 1. The summed E-state index contributed by atoms with van der Waals surface area (Å²) in [7, 11) is 0. The third kappa shape index (κ3) is 4.28. The first-order valence-corrected chi connectivity index (χ1v) is 10.6. The number of morpholine rings is 1. The van der Waals surface area contributed by atoms with Gasteiger partial charge in [-0.15, -0.1) is 0 Å². The van der Waals surface area contributed by atoms with E-state index in [0.29, 0.717) is 13.2 Å². The summed E-state index contributed by atoms with van der Waals surface area (Å²) in [6.45, 7) is 8.45. The van der Waals surface area contributed by atoms with Crippen LogP contribution in [0.1, 0.15) is 52.3 Å². The normalized spacial score (nSPS) is 20.8. The maximum absolute atomic E-state index is 13.5. The average Bonchev–Trinajstić information content (AvgIpc) is 3.44. The molecule has 0 spiro atoms. The van der Waals surface area contributed by atoms with E-state index >= 15 is 0 Å². The number of nitrogens with zero attached hydrogens (tertiary/aromatic N) is 3. The van der Waals surface area contributed by atoms with Gasteiger partial charge in [-0.1, -0.05) is 18.2 Å². The molecule has 1 aromatic carbocycles. The molecule has 1 unspecified atom stereocenters. The first kappa shape index (κ1) is 20.7. The molecule has 2 amide bonds. The second kappa shape index (κ2) is 7.91. The van der Waals surface area contributed by atoms with E-state index in [1.54, 1.807) is 4.90 Å². The van der Waals surface area contributed by atoms with Crippen molar-refractivity contribution in [2.75, 3.05) is 19.7 Å². The fourth-order valence-electron chi connectivity index (χ4n) is 3.93. The fourth-order valence-corrected chi connectivity index (χ4v) is 3.93. The number of carbonyl (C=O) groups excluding carboxylic acids is 2. The zero-order valence-electron chi connectivity index (χ0n) is 18.1. The quantitative estimate of drug-likeness (QED) is 0.830. The Balaban J connectivity index is 1.51. The number of nitrogens with one attached hydrogen (secondary N) is 1. The van der Waals surface area contributed by atoms with Gasteiger partial charge in [0.15, 0.2) is 6.10 Å². The van der Waals surface area contributed by atoms with Gasteiger partial charge in [0.25, 0.3) is 5.91 Å². The van der Waals surface area contributed by atoms with Gasteiger partial charge >= 0.3 is 6.09 Å². The van der Waals surface area contributed by atoms with Crippen molar-refractivity contribution in [1.29, 1.82) is 0 Å². The molecule has 1 saturated carbocycles. The van der Waals surface area contributed by atoms with E-state index in [4.69, 9.17) is 9.47 Å². The van der Waals surface area contributed by atoms with Crippen molar-refractivity contribution in [3.63, 3.8) is 0 Å². The van der Waals surface area contributed by atoms with Crippen LogP contribution in [-0.2, 0) is 14.3 Å². The van der Waals surface area contributed by atoms with Gasteiger partial charge in [-0.05, 0) is 46.6 Å². The number of hydrogen-bond acceptors (Lipinski definition) is 5. The first-order chi connectivity index (χ1) is 14.2. The van der Waals surface area contributed by atoms with E-state index in [0.717, 1.165) is 29.4 Å². The highest BCUT2D eigenvalue weighted by molar-refractivity contribution is 5.85. The third-order valence-corrected chi connectivity index (χ3v) is 5.51. The molecule has 1 aromatic heterocycles. The van der Waals surface area contributed by atoms with Crippen LogP contribution in [0.25, 0.3) is 10.9 Å². The summed E-state index contributed by atoms with van der Waals surface area (Å²) >= 11 is 0. The van der Waals surface area contributed by atoms with Crippen LogP contribution < -0.4 is 0 Å². The second-order valence-corrected chi connectivity index (χ2v) is 9.09. The largest absolute Gasteiger partial charge is 0.444 e. The average molecular weight is 415 g/mol. The van der Waals surface area contributed by atoms with Crippen LogP contribution in [0.4, 0.5) is 4.79 Å². The highest BCUT2D eigenvalue weighted by Gasteiger charge is 2.42. The van der Waals surface area contributed by atoms with Crippen LogP contribution in [0.3, 0.4) is 0 Å². The molecule has 8 nitrogen and oxygen atoms in total. The van der Waals surface area contributed by atoms with Gasteiger partial charge < -0.3 is 19.3 Å². The lowest BCUT2D eigenvalue weighted by Gasteiger charge is -2.37. The number of rotatable bonds is 4. The number of benzene rings is 1. The van der Waals surface area contributed by atoms with Crippen molar-refractivity contribution >= 4 is 22.9 Å². The highest BCUT2D eigenvalue weighted by Crippen LogP contribution is 2.36. The van der Waals surface area contributed by atoms with Crippen LogP contribution in [0.15, 0.2) is 24.3 Å². The van der Waals surface area contributed by atoms with Gasteiger partial charge in [-0.25, -0.2) is 4.79 Å². The van der Waals surface area contributed by atoms with E-state index in [1.807, 2.05) is 56.9 Å². The molecule has 1 N–H and O–H groups in total. The van der Waals surface area contributed by atoms with Crippen molar-refractivity contribution in [2.45, 2.75) is 64.3 Å². The van der Waals surface area contributed by atoms with Gasteiger partial charge in [0.05, 0.1) is 30.4 Å². The molecule has 2 heterocycles.